The lowest BCUT2D eigenvalue weighted by molar-refractivity contribution is 0.275. The SMILES string of the molecule is CC(Br)C1CCN(S(=O)(=O)c2cccc(Br)c2)CC1. The van der Waals surface area contributed by atoms with Crippen molar-refractivity contribution in [2.45, 2.75) is 29.5 Å². The molecule has 1 aliphatic rings. The normalized spacial score (nSPS) is 20.4. The number of halogens is 2. The lowest BCUT2D eigenvalue weighted by Crippen LogP contribution is -2.39. The number of rotatable bonds is 3. The first-order valence-electron chi connectivity index (χ1n) is 6.31. The third kappa shape index (κ3) is 3.60. The van der Waals surface area contributed by atoms with Crippen molar-refractivity contribution in [2.75, 3.05) is 13.1 Å². The highest BCUT2D eigenvalue weighted by molar-refractivity contribution is 9.10. The first kappa shape index (κ1) is 15.5. The van der Waals surface area contributed by atoms with E-state index in [9.17, 15) is 8.42 Å². The van der Waals surface area contributed by atoms with Gasteiger partial charge in [-0.15, -0.1) is 0 Å². The van der Waals surface area contributed by atoms with Crippen molar-refractivity contribution in [1.82, 2.24) is 4.31 Å². The summed E-state index contributed by atoms with van der Waals surface area (Å²) in [6.07, 6.45) is 1.83. The Balaban J connectivity index is 2.14. The van der Waals surface area contributed by atoms with Crippen molar-refractivity contribution in [2.24, 2.45) is 5.92 Å². The van der Waals surface area contributed by atoms with E-state index in [0.717, 1.165) is 17.3 Å². The number of piperidine rings is 1. The Hall–Kier alpha value is 0.0900. The largest absolute Gasteiger partial charge is 0.243 e. The summed E-state index contributed by atoms with van der Waals surface area (Å²) in [7, 11) is -3.35. The van der Waals surface area contributed by atoms with Gasteiger partial charge in [0.1, 0.15) is 0 Å². The quantitative estimate of drug-likeness (QED) is 0.713. The van der Waals surface area contributed by atoms with E-state index in [-0.39, 0.29) is 0 Å². The van der Waals surface area contributed by atoms with E-state index >= 15 is 0 Å². The van der Waals surface area contributed by atoms with Crippen LogP contribution in [0.4, 0.5) is 0 Å². The number of alkyl halides is 1. The molecule has 1 fully saturated rings. The summed E-state index contributed by atoms with van der Waals surface area (Å²) in [6.45, 7) is 3.34. The van der Waals surface area contributed by atoms with Crippen molar-refractivity contribution < 1.29 is 8.42 Å². The lowest BCUT2D eigenvalue weighted by Gasteiger charge is -2.32. The van der Waals surface area contributed by atoms with Crippen molar-refractivity contribution >= 4 is 41.9 Å². The van der Waals surface area contributed by atoms with E-state index in [2.05, 4.69) is 38.8 Å². The van der Waals surface area contributed by atoms with E-state index in [1.807, 2.05) is 6.07 Å². The van der Waals surface area contributed by atoms with Crippen LogP contribution in [0.25, 0.3) is 0 Å². The third-order valence-corrected chi connectivity index (χ3v) is 6.72. The fourth-order valence-corrected chi connectivity index (χ4v) is 4.95. The van der Waals surface area contributed by atoms with Crippen molar-refractivity contribution in [3.63, 3.8) is 0 Å². The number of hydrogen-bond donors (Lipinski definition) is 0. The van der Waals surface area contributed by atoms with Crippen LogP contribution in [0, 0.1) is 5.92 Å². The van der Waals surface area contributed by atoms with Gasteiger partial charge >= 0.3 is 0 Å². The predicted molar refractivity (Wildman–Crippen MR) is 84.0 cm³/mol. The Morgan fingerprint density at radius 3 is 2.47 bits per heavy atom. The van der Waals surface area contributed by atoms with Gasteiger partial charge in [-0.25, -0.2) is 8.42 Å². The molecule has 0 aromatic heterocycles. The summed E-state index contributed by atoms with van der Waals surface area (Å²) in [6, 6.07) is 6.90. The minimum absolute atomic E-state index is 0.368. The molecular formula is C13H17Br2NO2S. The van der Waals surface area contributed by atoms with Crippen LogP contribution in [0.15, 0.2) is 33.6 Å². The molecule has 0 bridgehead atoms. The Morgan fingerprint density at radius 2 is 1.95 bits per heavy atom. The van der Waals surface area contributed by atoms with E-state index in [0.29, 0.717) is 28.7 Å². The van der Waals surface area contributed by atoms with Crippen LogP contribution in [0.1, 0.15) is 19.8 Å². The molecule has 2 rings (SSSR count). The fourth-order valence-electron chi connectivity index (χ4n) is 2.35. The molecule has 1 aromatic rings. The highest BCUT2D eigenvalue weighted by Crippen LogP contribution is 2.28. The van der Waals surface area contributed by atoms with Crippen LogP contribution in [0.2, 0.25) is 0 Å². The summed E-state index contributed by atoms with van der Waals surface area (Å²) in [5.74, 6) is 0.564. The molecule has 0 saturated carbocycles. The van der Waals surface area contributed by atoms with Crippen LogP contribution in [0.5, 0.6) is 0 Å². The molecule has 6 heteroatoms. The number of benzene rings is 1. The van der Waals surface area contributed by atoms with Crippen molar-refractivity contribution in [3.8, 4) is 0 Å². The van der Waals surface area contributed by atoms with Gasteiger partial charge in [-0.1, -0.05) is 44.8 Å². The average Bonchev–Trinajstić information content (AvgIpc) is 2.39. The van der Waals surface area contributed by atoms with Crippen molar-refractivity contribution in [1.29, 1.82) is 0 Å². The zero-order valence-corrected chi connectivity index (χ0v) is 14.7. The Bertz CT molecular complexity index is 537. The number of sulfonamides is 1. The maximum atomic E-state index is 12.5. The molecule has 1 heterocycles. The monoisotopic (exact) mass is 409 g/mol. The Kier molecular flexibility index (Phi) is 5.09. The van der Waals surface area contributed by atoms with Gasteiger partial charge in [0.05, 0.1) is 4.90 Å². The molecule has 1 unspecified atom stereocenters. The molecule has 1 atom stereocenters. The standard InChI is InChI=1S/C13H17Br2NO2S/c1-10(14)11-5-7-16(8-6-11)19(17,18)13-4-2-3-12(15)9-13/h2-4,9-11H,5-8H2,1H3. The minimum Gasteiger partial charge on any atom is -0.207 e. The van der Waals surface area contributed by atoms with Gasteiger partial charge in [0, 0.05) is 22.4 Å². The maximum Gasteiger partial charge on any atom is 0.243 e. The topological polar surface area (TPSA) is 37.4 Å². The first-order valence-corrected chi connectivity index (χ1v) is 9.46. The van der Waals surface area contributed by atoms with Crippen LogP contribution in [0.3, 0.4) is 0 Å². The van der Waals surface area contributed by atoms with Gasteiger partial charge in [-0.05, 0) is 37.0 Å². The lowest BCUT2D eigenvalue weighted by atomic mass is 9.96. The van der Waals surface area contributed by atoms with Crippen LogP contribution in [-0.2, 0) is 10.0 Å². The second-order valence-corrected chi connectivity index (χ2v) is 9.17. The van der Waals surface area contributed by atoms with Gasteiger partial charge in [-0.2, -0.15) is 4.31 Å². The smallest absolute Gasteiger partial charge is 0.207 e. The number of hydrogen-bond acceptors (Lipinski definition) is 2. The molecular weight excluding hydrogens is 394 g/mol. The zero-order chi connectivity index (χ0) is 14.0. The predicted octanol–water partition coefficient (Wildman–Crippen LogP) is 3.63. The highest BCUT2D eigenvalue weighted by atomic mass is 79.9. The molecule has 0 radical (unpaired) electrons. The van der Waals surface area contributed by atoms with E-state index in [4.69, 9.17) is 0 Å². The van der Waals surface area contributed by atoms with Gasteiger partial charge in [0.25, 0.3) is 0 Å². The van der Waals surface area contributed by atoms with Crippen LogP contribution < -0.4 is 0 Å². The average molecular weight is 411 g/mol. The van der Waals surface area contributed by atoms with E-state index < -0.39 is 10.0 Å². The minimum atomic E-state index is -3.35. The van der Waals surface area contributed by atoms with Crippen LogP contribution in [-0.4, -0.2) is 30.6 Å². The van der Waals surface area contributed by atoms with Crippen molar-refractivity contribution in [3.05, 3.63) is 28.7 Å². The molecule has 106 valence electrons. The van der Waals surface area contributed by atoms with Gasteiger partial charge in [-0.3, -0.25) is 0 Å². The Morgan fingerprint density at radius 1 is 1.32 bits per heavy atom. The first-order chi connectivity index (χ1) is 8.91. The van der Waals surface area contributed by atoms with Gasteiger partial charge < -0.3 is 0 Å². The molecule has 0 spiro atoms. The second-order valence-electron chi connectivity index (χ2n) is 4.88. The molecule has 0 aliphatic carbocycles. The molecule has 1 aliphatic heterocycles. The van der Waals surface area contributed by atoms with Gasteiger partial charge in [0.2, 0.25) is 10.0 Å². The highest BCUT2D eigenvalue weighted by Gasteiger charge is 2.30. The summed E-state index contributed by atoms with van der Waals surface area (Å²) in [4.78, 5) is 0.815. The molecule has 3 nitrogen and oxygen atoms in total. The summed E-state index contributed by atoms with van der Waals surface area (Å²) in [5.41, 5.74) is 0. The van der Waals surface area contributed by atoms with Crippen LogP contribution >= 0.6 is 31.9 Å². The summed E-state index contributed by atoms with van der Waals surface area (Å²) in [5, 5.41) is 0. The second kappa shape index (κ2) is 6.24. The molecule has 0 amide bonds. The third-order valence-electron chi connectivity index (χ3n) is 3.58. The summed E-state index contributed by atoms with van der Waals surface area (Å²) >= 11 is 6.90. The fraction of sp³-hybridized carbons (Fsp3) is 0.538. The molecule has 1 aromatic carbocycles. The Labute approximate surface area is 131 Å². The number of nitrogens with zero attached hydrogens (tertiary/aromatic N) is 1. The van der Waals surface area contributed by atoms with Gasteiger partial charge in [0.15, 0.2) is 0 Å². The van der Waals surface area contributed by atoms with E-state index in [1.165, 1.54) is 0 Å². The maximum absolute atomic E-state index is 12.5. The molecule has 1 saturated heterocycles. The molecule has 19 heavy (non-hydrogen) atoms. The summed E-state index contributed by atoms with van der Waals surface area (Å²) < 4.78 is 27.4. The zero-order valence-electron chi connectivity index (χ0n) is 10.7. The molecule has 0 N–H and O–H groups in total. The van der Waals surface area contributed by atoms with E-state index in [1.54, 1.807) is 22.5 Å².